The molecular formula is C19H23ClN2O3S. The Morgan fingerprint density at radius 3 is 2.69 bits per heavy atom. The number of halogens is 1. The van der Waals surface area contributed by atoms with Crippen LogP contribution in [0.4, 0.5) is 5.69 Å². The molecule has 0 radical (unpaired) electrons. The lowest BCUT2D eigenvalue weighted by Crippen LogP contribution is -2.46. The van der Waals surface area contributed by atoms with Crippen molar-refractivity contribution in [1.29, 1.82) is 0 Å². The number of thioether (sulfide) groups is 1. The van der Waals surface area contributed by atoms with Gasteiger partial charge in [-0.15, -0.1) is 0 Å². The predicted octanol–water partition coefficient (Wildman–Crippen LogP) is 3.32. The van der Waals surface area contributed by atoms with Crippen LogP contribution in [0.15, 0.2) is 18.2 Å². The molecule has 1 saturated heterocycles. The Morgan fingerprint density at radius 1 is 1.31 bits per heavy atom. The van der Waals surface area contributed by atoms with Crippen molar-refractivity contribution in [2.24, 2.45) is 5.92 Å². The molecule has 1 aromatic carbocycles. The molecule has 2 aliphatic rings. The van der Waals surface area contributed by atoms with E-state index in [1.807, 2.05) is 13.0 Å². The summed E-state index contributed by atoms with van der Waals surface area (Å²) in [5, 5.41) is 3.57. The number of aryl methyl sites for hydroxylation is 1. The second-order valence-electron chi connectivity index (χ2n) is 6.99. The number of benzene rings is 1. The third-order valence-electron chi connectivity index (χ3n) is 4.96. The predicted molar refractivity (Wildman–Crippen MR) is 105 cm³/mol. The van der Waals surface area contributed by atoms with E-state index in [1.54, 1.807) is 12.1 Å². The fourth-order valence-corrected chi connectivity index (χ4v) is 4.67. The number of hydrogen-bond acceptors (Lipinski definition) is 4. The fourth-order valence-electron chi connectivity index (χ4n) is 3.53. The average molecular weight is 395 g/mol. The summed E-state index contributed by atoms with van der Waals surface area (Å²) in [6.07, 6.45) is 4.46. The van der Waals surface area contributed by atoms with Gasteiger partial charge in [-0.1, -0.05) is 42.3 Å². The molecule has 1 aliphatic heterocycles. The van der Waals surface area contributed by atoms with Crippen molar-refractivity contribution in [3.63, 3.8) is 0 Å². The molecule has 1 saturated carbocycles. The van der Waals surface area contributed by atoms with Gasteiger partial charge in [0.05, 0.1) is 5.92 Å². The summed E-state index contributed by atoms with van der Waals surface area (Å²) in [4.78, 5) is 38.7. The van der Waals surface area contributed by atoms with Crippen molar-refractivity contribution in [2.45, 2.75) is 45.1 Å². The summed E-state index contributed by atoms with van der Waals surface area (Å²) in [6, 6.07) is 5.50. The van der Waals surface area contributed by atoms with Crippen molar-refractivity contribution in [2.75, 3.05) is 17.2 Å². The molecule has 0 spiro atoms. The number of nitrogens with one attached hydrogen (secondary N) is 1. The largest absolute Gasteiger partial charge is 0.352 e. The molecule has 1 heterocycles. The molecule has 26 heavy (non-hydrogen) atoms. The lowest BCUT2D eigenvalue weighted by molar-refractivity contribution is -0.126. The Hall–Kier alpha value is -1.53. The molecule has 5 nitrogen and oxygen atoms in total. The zero-order chi connectivity index (χ0) is 18.7. The molecule has 1 N–H and O–H groups in total. The highest BCUT2D eigenvalue weighted by Crippen LogP contribution is 2.31. The Morgan fingerprint density at radius 2 is 2.04 bits per heavy atom. The fraction of sp³-hybridized carbons (Fsp3) is 0.526. The maximum atomic E-state index is 13.1. The van der Waals surface area contributed by atoms with Gasteiger partial charge in [-0.25, -0.2) is 0 Å². The molecule has 1 atom stereocenters. The summed E-state index contributed by atoms with van der Waals surface area (Å²) in [7, 11) is 0. The van der Waals surface area contributed by atoms with E-state index in [9.17, 15) is 14.4 Å². The Bertz CT molecular complexity index is 719. The molecule has 7 heteroatoms. The molecule has 140 valence electrons. The number of nitrogens with zero attached hydrogens (tertiary/aromatic N) is 1. The second-order valence-corrected chi connectivity index (χ2v) is 8.50. The molecule has 0 aromatic heterocycles. The Labute approximate surface area is 162 Å². The van der Waals surface area contributed by atoms with Crippen molar-refractivity contribution in [1.82, 2.24) is 5.32 Å². The number of carbonyl (C=O) groups is 3. The first kappa shape index (κ1) is 19.2. The maximum absolute atomic E-state index is 13.1. The number of rotatable bonds is 5. The van der Waals surface area contributed by atoms with Crippen molar-refractivity contribution >= 4 is 46.0 Å². The maximum Gasteiger partial charge on any atom is 0.240 e. The zero-order valence-corrected chi connectivity index (χ0v) is 16.4. The normalized spacial score (nSPS) is 20.4. The first-order chi connectivity index (χ1) is 12.4. The van der Waals surface area contributed by atoms with Gasteiger partial charge in [-0.05, 0) is 37.5 Å². The average Bonchev–Trinajstić information content (AvgIpc) is 3.26. The van der Waals surface area contributed by atoms with Gasteiger partial charge in [0, 0.05) is 28.9 Å². The molecule has 0 bridgehead atoms. The third-order valence-corrected chi connectivity index (χ3v) is 6.25. The quantitative estimate of drug-likeness (QED) is 0.831. The van der Waals surface area contributed by atoms with E-state index in [1.165, 1.54) is 16.7 Å². The molecule has 2 amide bonds. The second kappa shape index (κ2) is 8.44. The first-order valence-corrected chi connectivity index (χ1v) is 10.3. The van der Waals surface area contributed by atoms with Crippen molar-refractivity contribution in [3.05, 3.63) is 28.8 Å². The number of carbonyl (C=O) groups excluding carboxylic acids is 3. The number of anilines is 1. The summed E-state index contributed by atoms with van der Waals surface area (Å²) in [6.45, 7) is 1.83. The molecule has 1 aliphatic carbocycles. The minimum atomic E-state index is -0.384. The van der Waals surface area contributed by atoms with Gasteiger partial charge in [0.1, 0.15) is 6.54 Å². The minimum absolute atomic E-state index is 0.0292. The van der Waals surface area contributed by atoms with Gasteiger partial charge in [0.15, 0.2) is 5.12 Å². The monoisotopic (exact) mass is 394 g/mol. The zero-order valence-electron chi connectivity index (χ0n) is 14.8. The van der Waals surface area contributed by atoms with Crippen molar-refractivity contribution < 1.29 is 14.4 Å². The standard InChI is InChI=1S/C19H23ClN2O3S/c1-12-6-7-14(20)9-16(12)22(19(25)13-8-18(24)26-11-13)10-17(23)21-15-4-2-3-5-15/h6-7,9,13,15H,2-5,8,10-11H2,1H3,(H,21,23). The lowest BCUT2D eigenvalue weighted by atomic mass is 10.1. The summed E-state index contributed by atoms with van der Waals surface area (Å²) < 4.78 is 0. The minimum Gasteiger partial charge on any atom is -0.352 e. The van der Waals surface area contributed by atoms with E-state index in [0.717, 1.165) is 31.2 Å². The van der Waals surface area contributed by atoms with Crippen LogP contribution in [0.2, 0.25) is 5.02 Å². The van der Waals surface area contributed by atoms with E-state index >= 15 is 0 Å². The highest BCUT2D eigenvalue weighted by Gasteiger charge is 2.34. The highest BCUT2D eigenvalue weighted by atomic mass is 35.5. The topological polar surface area (TPSA) is 66.5 Å². The van der Waals surface area contributed by atoms with E-state index in [2.05, 4.69) is 5.32 Å². The SMILES string of the molecule is Cc1ccc(Cl)cc1N(CC(=O)NC1CCCC1)C(=O)C1CSC(=O)C1. The van der Waals surface area contributed by atoms with E-state index in [4.69, 9.17) is 11.6 Å². The van der Waals surface area contributed by atoms with Gasteiger partial charge in [0.25, 0.3) is 0 Å². The molecule has 2 fully saturated rings. The van der Waals surface area contributed by atoms with E-state index < -0.39 is 0 Å². The van der Waals surface area contributed by atoms with E-state index in [-0.39, 0.29) is 41.9 Å². The molecule has 1 aromatic rings. The number of hydrogen-bond donors (Lipinski definition) is 1. The third kappa shape index (κ3) is 4.60. The van der Waals surface area contributed by atoms with Crippen LogP contribution < -0.4 is 10.2 Å². The van der Waals surface area contributed by atoms with Gasteiger partial charge >= 0.3 is 0 Å². The first-order valence-electron chi connectivity index (χ1n) is 8.96. The molecule has 1 unspecified atom stereocenters. The van der Waals surface area contributed by atoms with Crippen LogP contribution in [0.3, 0.4) is 0 Å². The van der Waals surface area contributed by atoms with Gasteiger partial charge in [-0.3, -0.25) is 14.4 Å². The Balaban J connectivity index is 1.80. The highest BCUT2D eigenvalue weighted by molar-refractivity contribution is 8.14. The van der Waals surface area contributed by atoms with Crippen LogP contribution in [0.5, 0.6) is 0 Å². The van der Waals surface area contributed by atoms with Crippen LogP contribution in [0.25, 0.3) is 0 Å². The summed E-state index contributed by atoms with van der Waals surface area (Å²) >= 11 is 7.31. The molecule has 3 rings (SSSR count). The summed E-state index contributed by atoms with van der Waals surface area (Å²) in [5.41, 5.74) is 1.50. The van der Waals surface area contributed by atoms with Crippen LogP contribution in [0, 0.1) is 12.8 Å². The van der Waals surface area contributed by atoms with Gasteiger partial charge in [-0.2, -0.15) is 0 Å². The van der Waals surface area contributed by atoms with Gasteiger partial charge < -0.3 is 10.2 Å². The lowest BCUT2D eigenvalue weighted by Gasteiger charge is -2.27. The smallest absolute Gasteiger partial charge is 0.240 e. The number of amides is 2. The van der Waals surface area contributed by atoms with Crippen LogP contribution in [0.1, 0.15) is 37.7 Å². The van der Waals surface area contributed by atoms with E-state index in [0.29, 0.717) is 16.5 Å². The molecular weight excluding hydrogens is 372 g/mol. The summed E-state index contributed by atoms with van der Waals surface area (Å²) in [5.74, 6) is -0.264. The van der Waals surface area contributed by atoms with Crippen molar-refractivity contribution in [3.8, 4) is 0 Å². The van der Waals surface area contributed by atoms with Crippen LogP contribution in [-0.4, -0.2) is 35.3 Å². The van der Waals surface area contributed by atoms with Crippen LogP contribution in [-0.2, 0) is 14.4 Å². The Kier molecular flexibility index (Phi) is 6.24. The van der Waals surface area contributed by atoms with Gasteiger partial charge in [0.2, 0.25) is 11.8 Å². The van der Waals surface area contributed by atoms with Crippen LogP contribution >= 0.6 is 23.4 Å².